The quantitative estimate of drug-likeness (QED) is 0.229. The van der Waals surface area contributed by atoms with E-state index in [1.807, 2.05) is 55.6 Å². The normalized spacial score (nSPS) is 13.9. The highest BCUT2D eigenvalue weighted by atomic mass is 32.1. The highest BCUT2D eigenvalue weighted by Crippen LogP contribution is 2.33. The number of amides is 2. The van der Waals surface area contributed by atoms with Crippen LogP contribution in [0.1, 0.15) is 59.9 Å². The summed E-state index contributed by atoms with van der Waals surface area (Å²) in [7, 11) is 0. The molecule has 1 N–H and O–H groups in total. The van der Waals surface area contributed by atoms with Gasteiger partial charge in [-0.05, 0) is 85.7 Å². The smallest absolute Gasteiger partial charge is 0.322 e. The van der Waals surface area contributed by atoms with E-state index >= 15 is 0 Å². The molecule has 7 nitrogen and oxygen atoms in total. The molecular weight excluding hydrogens is 510 g/mol. The standard InChI is InChI=1S/C31H27N3O4S/c1-20-8-3-5-10-24(20)29(35)32-23-15-13-22(14-16-23)30(36)34-18-7-12-26(28-27(34)17-19-39-28)33-38-31(37)25-11-6-4-9-21(25)2/h3-6,8-11,13-17,19H,7,12,18H2,1-2H3,(H,32,35). The van der Waals surface area contributed by atoms with Gasteiger partial charge in [-0.1, -0.05) is 41.6 Å². The van der Waals surface area contributed by atoms with Crippen LogP contribution in [0.15, 0.2) is 89.4 Å². The SMILES string of the molecule is Cc1ccccc1C(=O)Nc1ccc(C(=O)N2CCCC(=NOC(=O)c3ccccc3C)c3sccc32)cc1. The fourth-order valence-electron chi connectivity index (χ4n) is 4.49. The Bertz CT molecular complexity index is 1570. The van der Waals surface area contributed by atoms with Crippen molar-refractivity contribution in [3.8, 4) is 0 Å². The minimum Gasteiger partial charge on any atom is -0.322 e. The van der Waals surface area contributed by atoms with Gasteiger partial charge in [-0.2, -0.15) is 0 Å². The Morgan fingerprint density at radius 2 is 1.54 bits per heavy atom. The third-order valence-electron chi connectivity index (χ3n) is 6.62. The molecule has 0 unspecified atom stereocenters. The summed E-state index contributed by atoms with van der Waals surface area (Å²) in [6.07, 6.45) is 1.24. The van der Waals surface area contributed by atoms with Crippen LogP contribution in [0, 0.1) is 13.8 Å². The minimum atomic E-state index is -0.509. The van der Waals surface area contributed by atoms with Gasteiger partial charge in [0, 0.05) is 23.4 Å². The van der Waals surface area contributed by atoms with Crippen LogP contribution >= 0.6 is 11.3 Å². The van der Waals surface area contributed by atoms with Crippen molar-refractivity contribution in [2.45, 2.75) is 26.7 Å². The predicted octanol–water partition coefficient (Wildman–Crippen LogP) is 6.62. The second-order valence-corrected chi connectivity index (χ2v) is 10.2. The molecule has 1 aromatic heterocycles. The molecule has 2 amide bonds. The zero-order chi connectivity index (χ0) is 27.4. The Kier molecular flexibility index (Phi) is 7.65. The molecule has 1 aliphatic rings. The highest BCUT2D eigenvalue weighted by molar-refractivity contribution is 7.12. The molecule has 39 heavy (non-hydrogen) atoms. The Morgan fingerprint density at radius 3 is 2.23 bits per heavy atom. The number of carbonyl (C=O) groups is 3. The van der Waals surface area contributed by atoms with Crippen molar-refractivity contribution in [2.75, 3.05) is 16.8 Å². The number of carbonyl (C=O) groups excluding carboxylic acids is 3. The summed E-state index contributed by atoms with van der Waals surface area (Å²) < 4.78 is 0. The van der Waals surface area contributed by atoms with Crippen LogP contribution in [-0.2, 0) is 4.84 Å². The maximum absolute atomic E-state index is 13.5. The lowest BCUT2D eigenvalue weighted by Gasteiger charge is -2.21. The van der Waals surface area contributed by atoms with Crippen LogP contribution in [-0.4, -0.2) is 30.0 Å². The lowest BCUT2D eigenvalue weighted by molar-refractivity contribution is 0.0514. The summed E-state index contributed by atoms with van der Waals surface area (Å²) >= 11 is 1.46. The van der Waals surface area contributed by atoms with E-state index in [4.69, 9.17) is 4.84 Å². The molecule has 0 atom stereocenters. The van der Waals surface area contributed by atoms with Crippen molar-refractivity contribution in [1.29, 1.82) is 0 Å². The molecule has 0 spiro atoms. The van der Waals surface area contributed by atoms with Gasteiger partial charge in [-0.25, -0.2) is 4.79 Å². The van der Waals surface area contributed by atoms with Gasteiger partial charge in [0.15, 0.2) is 0 Å². The number of rotatable bonds is 5. The first-order chi connectivity index (χ1) is 18.9. The summed E-state index contributed by atoms with van der Waals surface area (Å²) in [5.74, 6) is -0.854. The Hall–Kier alpha value is -4.56. The summed E-state index contributed by atoms with van der Waals surface area (Å²) in [4.78, 5) is 46.6. The van der Waals surface area contributed by atoms with Crippen LogP contribution < -0.4 is 10.2 Å². The molecule has 3 aromatic carbocycles. The molecule has 2 heterocycles. The van der Waals surface area contributed by atoms with E-state index in [0.29, 0.717) is 47.5 Å². The monoisotopic (exact) mass is 537 g/mol. The Morgan fingerprint density at radius 1 is 0.872 bits per heavy atom. The molecule has 0 radical (unpaired) electrons. The second kappa shape index (κ2) is 11.4. The minimum absolute atomic E-state index is 0.149. The van der Waals surface area contributed by atoms with E-state index in [9.17, 15) is 14.4 Å². The number of anilines is 2. The van der Waals surface area contributed by atoms with Crippen LogP contribution in [0.3, 0.4) is 0 Å². The van der Waals surface area contributed by atoms with Crippen molar-refractivity contribution >= 4 is 46.2 Å². The van der Waals surface area contributed by atoms with Gasteiger partial charge in [0.2, 0.25) is 0 Å². The van der Waals surface area contributed by atoms with E-state index in [-0.39, 0.29) is 11.8 Å². The average molecular weight is 538 g/mol. The van der Waals surface area contributed by atoms with Gasteiger partial charge in [0.05, 0.1) is 21.8 Å². The average Bonchev–Trinajstić information content (AvgIpc) is 3.35. The van der Waals surface area contributed by atoms with Gasteiger partial charge < -0.3 is 15.1 Å². The molecule has 0 saturated carbocycles. The fraction of sp³-hybridized carbons (Fsp3) is 0.161. The number of hydrogen-bond acceptors (Lipinski definition) is 6. The molecule has 5 rings (SSSR count). The summed E-state index contributed by atoms with van der Waals surface area (Å²) in [5.41, 5.74) is 5.28. The number of thiophene rings is 1. The van der Waals surface area contributed by atoms with Crippen LogP contribution in [0.2, 0.25) is 0 Å². The van der Waals surface area contributed by atoms with Crippen molar-refractivity contribution in [3.63, 3.8) is 0 Å². The van der Waals surface area contributed by atoms with Crippen molar-refractivity contribution in [2.24, 2.45) is 5.16 Å². The van der Waals surface area contributed by atoms with Crippen molar-refractivity contribution < 1.29 is 19.2 Å². The maximum Gasteiger partial charge on any atom is 0.366 e. The number of fused-ring (bicyclic) bond motifs is 1. The topological polar surface area (TPSA) is 88.1 Å². The lowest BCUT2D eigenvalue weighted by Crippen LogP contribution is -2.31. The predicted molar refractivity (Wildman–Crippen MR) is 154 cm³/mol. The molecule has 0 saturated heterocycles. The second-order valence-electron chi connectivity index (χ2n) is 9.27. The van der Waals surface area contributed by atoms with Gasteiger partial charge in [0.1, 0.15) is 0 Å². The van der Waals surface area contributed by atoms with E-state index in [1.165, 1.54) is 11.3 Å². The zero-order valence-electron chi connectivity index (χ0n) is 21.6. The van der Waals surface area contributed by atoms with Gasteiger partial charge in [-0.15, -0.1) is 11.3 Å². The Labute approximate surface area is 230 Å². The number of aryl methyl sites for hydroxylation is 2. The van der Waals surface area contributed by atoms with Crippen molar-refractivity contribution in [3.05, 3.63) is 117 Å². The largest absolute Gasteiger partial charge is 0.366 e. The third-order valence-corrected chi connectivity index (χ3v) is 7.57. The molecule has 4 aromatic rings. The van der Waals surface area contributed by atoms with Crippen LogP contribution in [0.25, 0.3) is 0 Å². The summed E-state index contributed by atoms with van der Waals surface area (Å²) in [6.45, 7) is 4.24. The number of oxime groups is 1. The first kappa shape index (κ1) is 26.1. The maximum atomic E-state index is 13.5. The molecule has 8 heteroatoms. The third kappa shape index (κ3) is 5.66. The van der Waals surface area contributed by atoms with Crippen LogP contribution in [0.4, 0.5) is 11.4 Å². The van der Waals surface area contributed by atoms with E-state index in [2.05, 4.69) is 10.5 Å². The van der Waals surface area contributed by atoms with Gasteiger partial charge in [0.25, 0.3) is 11.8 Å². The van der Waals surface area contributed by atoms with Gasteiger partial charge in [-0.3, -0.25) is 9.59 Å². The van der Waals surface area contributed by atoms with E-state index < -0.39 is 5.97 Å². The van der Waals surface area contributed by atoms with E-state index in [1.54, 1.807) is 47.4 Å². The first-order valence-corrected chi connectivity index (χ1v) is 13.5. The summed E-state index contributed by atoms with van der Waals surface area (Å²) in [6, 6.07) is 23.4. The first-order valence-electron chi connectivity index (χ1n) is 12.6. The number of nitrogens with one attached hydrogen (secondary N) is 1. The fourth-order valence-corrected chi connectivity index (χ4v) is 5.40. The molecule has 0 fully saturated rings. The number of hydrogen-bond donors (Lipinski definition) is 1. The van der Waals surface area contributed by atoms with E-state index in [0.717, 1.165) is 21.7 Å². The number of nitrogens with zero attached hydrogens (tertiary/aromatic N) is 2. The Balaban J connectivity index is 1.31. The molecular formula is C31H27N3O4S. The molecule has 0 bridgehead atoms. The summed E-state index contributed by atoms with van der Waals surface area (Å²) in [5, 5.41) is 9.00. The number of benzene rings is 3. The van der Waals surface area contributed by atoms with Crippen molar-refractivity contribution in [1.82, 2.24) is 0 Å². The lowest BCUT2D eigenvalue weighted by atomic mass is 10.1. The molecule has 0 aliphatic carbocycles. The van der Waals surface area contributed by atoms with Gasteiger partial charge >= 0.3 is 5.97 Å². The molecule has 196 valence electrons. The zero-order valence-corrected chi connectivity index (χ0v) is 22.5. The molecule has 1 aliphatic heterocycles. The van der Waals surface area contributed by atoms with Crippen LogP contribution in [0.5, 0.6) is 0 Å². The highest BCUT2D eigenvalue weighted by Gasteiger charge is 2.27.